The largest absolute Gasteiger partial charge is 0.270 e. The van der Waals surface area contributed by atoms with Crippen LogP contribution in [0.15, 0.2) is 12.0 Å². The molecule has 0 aliphatic heterocycles. The summed E-state index contributed by atoms with van der Waals surface area (Å²) in [5, 5.41) is 1.84. The Morgan fingerprint density at radius 3 is 2.60 bits per heavy atom. The van der Waals surface area contributed by atoms with Gasteiger partial charge in [-0.2, -0.15) is 11.6 Å². The molecule has 3 heteroatoms. The fraction of sp³-hybridized carbons (Fsp3) is 0. The molecule has 0 radical (unpaired) electrons. The van der Waals surface area contributed by atoms with Crippen molar-refractivity contribution in [3.63, 3.8) is 0 Å². The molecule has 0 amide bonds. The summed E-state index contributed by atoms with van der Waals surface area (Å²) < 4.78 is 1.11. The SMILES string of the molecule is C=CSBI. The fourth-order valence-electron chi connectivity index (χ4n) is 0.0445. The molecule has 0 aromatic heterocycles. The average molecular weight is 198 g/mol. The van der Waals surface area contributed by atoms with Crippen molar-refractivity contribution >= 4 is 38.4 Å². The van der Waals surface area contributed by atoms with Gasteiger partial charge in [0.05, 0.1) is 0 Å². The number of halogens is 1. The van der Waals surface area contributed by atoms with Crippen LogP contribution in [0.4, 0.5) is 0 Å². The topological polar surface area (TPSA) is 0 Å². The van der Waals surface area contributed by atoms with Gasteiger partial charge in [0.1, 0.15) is 0 Å². The Balaban J connectivity index is 2.40. The first-order valence-electron chi connectivity index (χ1n) is 1.20. The van der Waals surface area contributed by atoms with E-state index in [-0.39, 0.29) is 0 Å². The molecule has 0 spiro atoms. The van der Waals surface area contributed by atoms with Crippen molar-refractivity contribution in [1.82, 2.24) is 0 Å². The third kappa shape index (κ3) is 4.88. The summed E-state index contributed by atoms with van der Waals surface area (Å²) >= 11 is 3.99. The van der Waals surface area contributed by atoms with Crippen LogP contribution in [0.3, 0.4) is 0 Å². The van der Waals surface area contributed by atoms with Crippen LogP contribution in [0.2, 0.25) is 0 Å². The van der Waals surface area contributed by atoms with Crippen molar-refractivity contribution in [2.75, 3.05) is 0 Å². The van der Waals surface area contributed by atoms with Gasteiger partial charge in [0.15, 0.2) is 0 Å². The molecule has 0 aliphatic carbocycles. The molecule has 0 aliphatic rings. The van der Waals surface area contributed by atoms with Gasteiger partial charge >= 0.3 is 0 Å². The van der Waals surface area contributed by atoms with E-state index in [9.17, 15) is 0 Å². The van der Waals surface area contributed by atoms with Crippen molar-refractivity contribution in [2.45, 2.75) is 0 Å². The second-order valence-electron chi connectivity index (χ2n) is 0.442. The molecule has 5 heavy (non-hydrogen) atoms. The van der Waals surface area contributed by atoms with Gasteiger partial charge in [-0.25, -0.2) is 0 Å². The number of rotatable bonds is 2. The normalized spacial score (nSPS) is 6.60. The van der Waals surface area contributed by atoms with Crippen LogP contribution in [0.25, 0.3) is 0 Å². The van der Waals surface area contributed by atoms with Gasteiger partial charge < -0.3 is 0 Å². The summed E-state index contributed by atoms with van der Waals surface area (Å²) in [5.41, 5.74) is 0. The smallest absolute Gasteiger partial charge is 0.174 e. The van der Waals surface area contributed by atoms with Crippen LogP contribution in [-0.4, -0.2) is 4.41 Å². The molecular weight excluding hydrogens is 194 g/mol. The highest BCUT2D eigenvalue weighted by molar-refractivity contribution is 14.1. The molecule has 0 saturated carbocycles. The van der Waals surface area contributed by atoms with Crippen molar-refractivity contribution in [1.29, 1.82) is 0 Å². The zero-order valence-corrected chi connectivity index (χ0v) is 5.75. The van der Waals surface area contributed by atoms with E-state index in [4.69, 9.17) is 0 Å². The standard InChI is InChI=1S/C2H4BIS/c1-2-5-3-4/h2-3H,1H2. The Hall–Kier alpha value is 0.885. The molecule has 0 N–H and O–H groups in total. The van der Waals surface area contributed by atoms with Gasteiger partial charge in [-0.1, -0.05) is 6.58 Å². The fourth-order valence-corrected chi connectivity index (χ4v) is 0.896. The summed E-state index contributed by atoms with van der Waals surface area (Å²) in [4.78, 5) is 0. The predicted molar refractivity (Wildman–Crippen MR) is 39.0 cm³/mol. The second-order valence-corrected chi connectivity index (χ2v) is 3.20. The van der Waals surface area contributed by atoms with Crippen molar-refractivity contribution in [2.24, 2.45) is 0 Å². The highest BCUT2D eigenvalue weighted by Gasteiger charge is 1.68. The minimum Gasteiger partial charge on any atom is -0.174 e. The van der Waals surface area contributed by atoms with E-state index in [0.717, 1.165) is 4.41 Å². The van der Waals surface area contributed by atoms with Crippen LogP contribution in [0, 0.1) is 0 Å². The Morgan fingerprint density at radius 2 is 2.60 bits per heavy atom. The molecule has 0 fully saturated rings. The lowest BCUT2D eigenvalue weighted by molar-refractivity contribution is 2.69. The van der Waals surface area contributed by atoms with Crippen LogP contribution in [-0.2, 0) is 0 Å². The summed E-state index contributed by atoms with van der Waals surface area (Å²) in [5.74, 6) is 0. The lowest BCUT2D eigenvalue weighted by Gasteiger charge is -1.69. The van der Waals surface area contributed by atoms with Crippen molar-refractivity contribution in [3.05, 3.63) is 12.0 Å². The van der Waals surface area contributed by atoms with E-state index in [1.165, 1.54) is 0 Å². The molecule has 0 atom stereocenters. The quantitative estimate of drug-likeness (QED) is 0.479. The van der Waals surface area contributed by atoms with E-state index >= 15 is 0 Å². The molecule has 0 bridgehead atoms. The third-order valence-electron chi connectivity index (χ3n) is 0.181. The van der Waals surface area contributed by atoms with Gasteiger partial charge in [-0.15, -0.1) is 22.4 Å². The van der Waals surface area contributed by atoms with Crippen LogP contribution in [0.5, 0.6) is 0 Å². The molecule has 0 nitrogen and oxygen atoms in total. The van der Waals surface area contributed by atoms with Crippen LogP contribution >= 0.6 is 34.0 Å². The van der Waals surface area contributed by atoms with E-state index in [1.54, 1.807) is 11.6 Å². The zero-order chi connectivity index (χ0) is 4.12. The van der Waals surface area contributed by atoms with Gasteiger partial charge in [0, 0.05) is 0 Å². The molecule has 0 heterocycles. The Kier molecular flexibility index (Phi) is 5.75. The molecule has 28 valence electrons. The molecule has 0 aromatic carbocycles. The number of hydrogen-bond acceptors (Lipinski definition) is 1. The third-order valence-corrected chi connectivity index (χ3v) is 1.62. The Bertz CT molecular complexity index is 30.8. The molecule has 0 saturated heterocycles. The summed E-state index contributed by atoms with van der Waals surface area (Å²) in [7, 11) is 0. The van der Waals surface area contributed by atoms with E-state index < -0.39 is 0 Å². The van der Waals surface area contributed by atoms with Gasteiger partial charge in [0.25, 0.3) is 4.41 Å². The Labute approximate surface area is 50.4 Å². The summed E-state index contributed by atoms with van der Waals surface area (Å²) in [6, 6.07) is 0. The zero-order valence-electron chi connectivity index (χ0n) is 2.78. The van der Waals surface area contributed by atoms with E-state index in [2.05, 4.69) is 29.0 Å². The van der Waals surface area contributed by atoms with Crippen LogP contribution in [0.1, 0.15) is 0 Å². The lowest BCUT2D eigenvalue weighted by Crippen LogP contribution is -1.50. The van der Waals surface area contributed by atoms with E-state index in [0.29, 0.717) is 0 Å². The van der Waals surface area contributed by atoms with E-state index in [1.807, 2.05) is 5.41 Å². The van der Waals surface area contributed by atoms with Gasteiger partial charge in [-0.3, -0.25) is 0 Å². The monoisotopic (exact) mass is 198 g/mol. The lowest BCUT2D eigenvalue weighted by atomic mass is 10.8. The molecular formula is C2H4BIS. The van der Waals surface area contributed by atoms with Gasteiger partial charge in [-0.05, 0) is 5.41 Å². The maximum absolute atomic E-state index is 3.51. The first-order valence-corrected chi connectivity index (χ1v) is 3.77. The highest BCUT2D eigenvalue weighted by Crippen LogP contribution is 1.98. The van der Waals surface area contributed by atoms with Gasteiger partial charge in [0.2, 0.25) is 0 Å². The van der Waals surface area contributed by atoms with Crippen molar-refractivity contribution < 1.29 is 0 Å². The Morgan fingerprint density at radius 1 is 2.00 bits per heavy atom. The molecule has 0 aromatic rings. The predicted octanol–water partition coefficient (Wildman–Crippen LogP) is 1.56. The molecule has 0 unspecified atom stereocenters. The second kappa shape index (κ2) is 4.88. The van der Waals surface area contributed by atoms with Crippen LogP contribution < -0.4 is 0 Å². The first kappa shape index (κ1) is 5.88. The molecule has 0 rings (SSSR count). The number of hydrogen-bond donors (Lipinski definition) is 0. The van der Waals surface area contributed by atoms with Crippen molar-refractivity contribution in [3.8, 4) is 0 Å². The highest BCUT2D eigenvalue weighted by atomic mass is 127. The minimum absolute atomic E-state index is 1.11. The maximum Gasteiger partial charge on any atom is 0.270 e. The summed E-state index contributed by atoms with van der Waals surface area (Å²) in [6.07, 6.45) is 0. The maximum atomic E-state index is 3.51. The average Bonchev–Trinajstić information content (AvgIpc) is 1.41. The summed E-state index contributed by atoms with van der Waals surface area (Å²) in [6.45, 7) is 3.51. The first-order chi connectivity index (χ1) is 2.41. The minimum atomic E-state index is 1.11.